The van der Waals surface area contributed by atoms with Crippen LogP contribution >= 0.6 is 11.3 Å². The number of hydrogen-bond acceptors (Lipinski definition) is 8. The van der Waals surface area contributed by atoms with E-state index >= 15 is 0 Å². The highest BCUT2D eigenvalue weighted by atomic mass is 32.1. The van der Waals surface area contributed by atoms with Crippen LogP contribution in [-0.4, -0.2) is 32.2 Å². The van der Waals surface area contributed by atoms with E-state index in [-0.39, 0.29) is 6.10 Å². The molecule has 28 heavy (non-hydrogen) atoms. The van der Waals surface area contributed by atoms with Crippen molar-refractivity contribution in [3.05, 3.63) is 52.5 Å². The van der Waals surface area contributed by atoms with E-state index < -0.39 is 0 Å². The summed E-state index contributed by atoms with van der Waals surface area (Å²) in [6.07, 6.45) is -0.0949. The lowest BCUT2D eigenvalue weighted by atomic mass is 10.1. The number of aromatic nitrogens is 5. The van der Waals surface area contributed by atoms with Gasteiger partial charge in [-0.2, -0.15) is 4.98 Å². The monoisotopic (exact) mass is 395 g/mol. The van der Waals surface area contributed by atoms with Gasteiger partial charge in [-0.15, -0.1) is 16.4 Å². The Morgan fingerprint density at radius 3 is 2.82 bits per heavy atom. The Morgan fingerprint density at radius 1 is 1.21 bits per heavy atom. The minimum Gasteiger partial charge on any atom is -0.497 e. The van der Waals surface area contributed by atoms with Crippen LogP contribution in [0.5, 0.6) is 5.75 Å². The predicted octanol–water partition coefficient (Wildman–Crippen LogP) is 3.65. The average molecular weight is 395 g/mol. The summed E-state index contributed by atoms with van der Waals surface area (Å²) in [5.41, 5.74) is 3.62. The fourth-order valence-corrected chi connectivity index (χ4v) is 4.06. The second kappa shape index (κ2) is 6.84. The molecule has 0 saturated heterocycles. The quantitative estimate of drug-likeness (QED) is 0.521. The van der Waals surface area contributed by atoms with Crippen LogP contribution in [0.3, 0.4) is 0 Å². The van der Waals surface area contributed by atoms with Crippen LogP contribution in [-0.2, 0) is 17.9 Å². The first-order valence-corrected chi connectivity index (χ1v) is 9.67. The molecule has 1 unspecified atom stereocenters. The molecule has 4 heterocycles. The molecule has 8 nitrogen and oxygen atoms in total. The van der Waals surface area contributed by atoms with E-state index in [1.165, 1.54) is 0 Å². The number of hydrogen-bond donors (Lipinski definition) is 0. The van der Waals surface area contributed by atoms with Crippen LogP contribution in [0.15, 0.2) is 40.2 Å². The summed E-state index contributed by atoms with van der Waals surface area (Å²) >= 11 is 1.57. The molecule has 0 fully saturated rings. The van der Waals surface area contributed by atoms with Gasteiger partial charge in [-0.1, -0.05) is 22.5 Å². The molecule has 142 valence electrons. The highest BCUT2D eigenvalue weighted by molar-refractivity contribution is 7.13. The summed E-state index contributed by atoms with van der Waals surface area (Å²) in [4.78, 5) is 5.48. The molecule has 0 saturated carbocycles. The Kier molecular flexibility index (Phi) is 4.18. The van der Waals surface area contributed by atoms with Crippen LogP contribution in [0.1, 0.15) is 22.9 Å². The summed E-state index contributed by atoms with van der Waals surface area (Å²) in [6, 6.07) is 9.88. The molecule has 5 rings (SSSR count). The summed E-state index contributed by atoms with van der Waals surface area (Å²) < 4.78 is 18.6. The topological polar surface area (TPSA) is 88.1 Å². The Morgan fingerprint density at radius 2 is 2.07 bits per heavy atom. The number of methoxy groups -OCH3 is 1. The largest absolute Gasteiger partial charge is 0.497 e. The van der Waals surface area contributed by atoms with Gasteiger partial charge in [0, 0.05) is 0 Å². The lowest BCUT2D eigenvalue weighted by Gasteiger charge is -2.24. The van der Waals surface area contributed by atoms with Gasteiger partial charge >= 0.3 is 0 Å². The Balaban J connectivity index is 1.40. The Bertz CT molecular complexity index is 1120. The number of benzene rings is 1. The molecule has 0 radical (unpaired) electrons. The molecule has 0 amide bonds. The Labute approximate surface area is 164 Å². The van der Waals surface area contributed by atoms with Crippen molar-refractivity contribution >= 4 is 11.3 Å². The van der Waals surface area contributed by atoms with Gasteiger partial charge in [-0.05, 0) is 41.6 Å². The molecule has 9 heteroatoms. The second-order valence-electron chi connectivity index (χ2n) is 6.50. The third-order valence-corrected chi connectivity index (χ3v) is 5.78. The van der Waals surface area contributed by atoms with E-state index in [0.717, 1.165) is 27.4 Å². The van der Waals surface area contributed by atoms with Gasteiger partial charge in [-0.25, -0.2) is 4.68 Å². The van der Waals surface area contributed by atoms with Crippen molar-refractivity contribution in [3.8, 4) is 28.0 Å². The van der Waals surface area contributed by atoms with Crippen molar-refractivity contribution in [2.24, 2.45) is 0 Å². The van der Waals surface area contributed by atoms with Crippen molar-refractivity contribution in [2.45, 2.75) is 26.2 Å². The number of rotatable bonds is 4. The van der Waals surface area contributed by atoms with Gasteiger partial charge in [0.05, 0.1) is 30.8 Å². The molecular weight excluding hydrogens is 378 g/mol. The van der Waals surface area contributed by atoms with Crippen molar-refractivity contribution in [1.82, 2.24) is 25.1 Å². The smallest absolute Gasteiger partial charge is 0.268 e. The summed E-state index contributed by atoms with van der Waals surface area (Å²) in [5, 5.41) is 14.6. The van der Waals surface area contributed by atoms with E-state index in [0.29, 0.717) is 30.6 Å². The first-order chi connectivity index (χ1) is 13.7. The molecule has 1 atom stereocenters. The second-order valence-corrected chi connectivity index (χ2v) is 7.41. The van der Waals surface area contributed by atoms with Crippen LogP contribution < -0.4 is 4.74 Å². The minimum atomic E-state index is -0.0949. The summed E-state index contributed by atoms with van der Waals surface area (Å²) in [5.74, 6) is 1.74. The average Bonchev–Trinajstić information content (AvgIpc) is 3.46. The minimum absolute atomic E-state index is 0.0949. The fourth-order valence-electron chi connectivity index (χ4n) is 3.21. The van der Waals surface area contributed by atoms with Gasteiger partial charge < -0.3 is 14.0 Å². The molecule has 4 aromatic rings. The van der Waals surface area contributed by atoms with Crippen LogP contribution in [0.25, 0.3) is 22.3 Å². The number of nitrogens with zero attached hydrogens (tertiary/aromatic N) is 5. The molecule has 1 aliphatic rings. The number of ether oxygens (including phenoxy) is 2. The van der Waals surface area contributed by atoms with E-state index in [1.807, 2.05) is 47.3 Å². The maximum absolute atomic E-state index is 6.06. The Hall–Kier alpha value is -3.04. The third kappa shape index (κ3) is 2.88. The van der Waals surface area contributed by atoms with Gasteiger partial charge in [0.15, 0.2) is 5.69 Å². The first-order valence-electron chi connectivity index (χ1n) is 8.79. The van der Waals surface area contributed by atoms with Crippen LogP contribution in [0, 0.1) is 6.92 Å². The normalized spacial score (nSPS) is 16.1. The first kappa shape index (κ1) is 17.1. The van der Waals surface area contributed by atoms with Crippen molar-refractivity contribution in [1.29, 1.82) is 0 Å². The van der Waals surface area contributed by atoms with Gasteiger partial charge in [-0.3, -0.25) is 0 Å². The van der Waals surface area contributed by atoms with Crippen molar-refractivity contribution < 1.29 is 14.0 Å². The lowest BCUT2D eigenvalue weighted by Crippen LogP contribution is -2.22. The molecular formula is C19H17N5O3S. The molecule has 1 aliphatic heterocycles. The van der Waals surface area contributed by atoms with E-state index in [1.54, 1.807) is 18.4 Å². The number of aryl methyl sites for hydroxylation is 1. The highest BCUT2D eigenvalue weighted by Gasteiger charge is 2.28. The molecule has 1 aromatic carbocycles. The van der Waals surface area contributed by atoms with Crippen molar-refractivity contribution in [2.75, 3.05) is 7.11 Å². The maximum Gasteiger partial charge on any atom is 0.268 e. The van der Waals surface area contributed by atoms with E-state index in [4.69, 9.17) is 14.0 Å². The molecule has 3 aromatic heterocycles. The van der Waals surface area contributed by atoms with E-state index in [2.05, 4.69) is 20.5 Å². The third-order valence-electron chi connectivity index (χ3n) is 4.78. The zero-order valence-electron chi connectivity index (χ0n) is 15.3. The van der Waals surface area contributed by atoms with Crippen LogP contribution in [0.2, 0.25) is 0 Å². The zero-order valence-corrected chi connectivity index (χ0v) is 16.1. The molecule has 0 bridgehead atoms. The SMILES string of the molecule is COc1ccc(C2Cn3nnc(-c4noc(-c5sccc5C)n4)c3CO2)cc1. The molecule has 0 N–H and O–H groups in total. The van der Waals surface area contributed by atoms with Crippen molar-refractivity contribution in [3.63, 3.8) is 0 Å². The van der Waals surface area contributed by atoms with E-state index in [9.17, 15) is 0 Å². The number of fused-ring (bicyclic) bond motifs is 1. The van der Waals surface area contributed by atoms with Gasteiger partial charge in [0.1, 0.15) is 11.9 Å². The molecule has 0 spiro atoms. The van der Waals surface area contributed by atoms with Gasteiger partial charge in [0.2, 0.25) is 5.82 Å². The maximum atomic E-state index is 6.06. The number of thiophene rings is 1. The highest BCUT2D eigenvalue weighted by Crippen LogP contribution is 2.32. The lowest BCUT2D eigenvalue weighted by molar-refractivity contribution is -0.00114. The predicted molar refractivity (Wildman–Crippen MR) is 102 cm³/mol. The van der Waals surface area contributed by atoms with Crippen LogP contribution in [0.4, 0.5) is 0 Å². The zero-order chi connectivity index (χ0) is 19.1. The standard InChI is InChI=1S/C19H17N5O3S/c1-11-7-8-28-17(11)19-20-18(22-27-19)16-14-10-26-15(9-24(14)23-21-16)12-3-5-13(25-2)6-4-12/h3-8,15H,9-10H2,1-2H3. The fraction of sp³-hybridized carbons (Fsp3) is 0.263. The summed E-state index contributed by atoms with van der Waals surface area (Å²) in [7, 11) is 1.65. The molecule has 0 aliphatic carbocycles. The van der Waals surface area contributed by atoms with Gasteiger partial charge in [0.25, 0.3) is 5.89 Å². The summed E-state index contributed by atoms with van der Waals surface area (Å²) in [6.45, 7) is 2.97.